The molecule has 1 atom stereocenters. The highest BCUT2D eigenvalue weighted by molar-refractivity contribution is 5.50. The molecule has 0 saturated heterocycles. The standard InChI is InChI=1S/C16H17NO4/c1-3-15(18)12-5-7-13(8-6-12)21-16-10-11(2)4-9-14(16)17(19)20/h4-10,15,18H,3H2,1-2H3/t15-/m1/s1. The Balaban J connectivity index is 2.26. The highest BCUT2D eigenvalue weighted by Gasteiger charge is 2.15. The topological polar surface area (TPSA) is 72.6 Å². The average molecular weight is 287 g/mol. The summed E-state index contributed by atoms with van der Waals surface area (Å²) in [5.74, 6) is 0.708. The Morgan fingerprint density at radius 1 is 1.24 bits per heavy atom. The zero-order chi connectivity index (χ0) is 15.4. The molecule has 0 aliphatic heterocycles. The number of aliphatic hydroxyl groups excluding tert-OH is 1. The second-order valence-electron chi connectivity index (χ2n) is 4.82. The number of benzene rings is 2. The number of aliphatic hydroxyl groups is 1. The van der Waals surface area contributed by atoms with Gasteiger partial charge in [0.05, 0.1) is 11.0 Å². The minimum atomic E-state index is -0.507. The Kier molecular flexibility index (Phi) is 4.55. The second-order valence-corrected chi connectivity index (χ2v) is 4.82. The molecule has 5 heteroatoms. The largest absolute Gasteiger partial charge is 0.450 e. The molecule has 21 heavy (non-hydrogen) atoms. The Labute approximate surface area is 123 Å². The normalized spacial score (nSPS) is 12.0. The number of ether oxygens (including phenoxy) is 1. The third-order valence-corrected chi connectivity index (χ3v) is 3.19. The molecule has 0 bridgehead atoms. The molecule has 2 rings (SSSR count). The van der Waals surface area contributed by atoms with Gasteiger partial charge in [0.15, 0.2) is 0 Å². The Morgan fingerprint density at radius 2 is 1.90 bits per heavy atom. The van der Waals surface area contributed by atoms with E-state index in [9.17, 15) is 15.2 Å². The maximum Gasteiger partial charge on any atom is 0.311 e. The van der Waals surface area contributed by atoms with Gasteiger partial charge in [0.2, 0.25) is 5.75 Å². The zero-order valence-corrected chi connectivity index (χ0v) is 11.9. The van der Waals surface area contributed by atoms with E-state index in [0.29, 0.717) is 12.2 Å². The van der Waals surface area contributed by atoms with Gasteiger partial charge < -0.3 is 9.84 Å². The van der Waals surface area contributed by atoms with E-state index in [1.807, 2.05) is 13.8 Å². The van der Waals surface area contributed by atoms with Crippen LogP contribution in [0.1, 0.15) is 30.6 Å². The maximum absolute atomic E-state index is 11.0. The molecule has 0 fully saturated rings. The molecule has 1 N–H and O–H groups in total. The smallest absolute Gasteiger partial charge is 0.311 e. The third kappa shape index (κ3) is 3.58. The van der Waals surface area contributed by atoms with Crippen molar-refractivity contribution in [2.24, 2.45) is 0 Å². The van der Waals surface area contributed by atoms with Gasteiger partial charge in [0, 0.05) is 6.07 Å². The zero-order valence-electron chi connectivity index (χ0n) is 11.9. The molecule has 5 nitrogen and oxygen atoms in total. The van der Waals surface area contributed by atoms with Gasteiger partial charge in [-0.1, -0.05) is 25.1 Å². The molecule has 0 unspecified atom stereocenters. The third-order valence-electron chi connectivity index (χ3n) is 3.19. The average Bonchev–Trinajstić information content (AvgIpc) is 2.47. The molecule has 0 radical (unpaired) electrons. The van der Waals surface area contributed by atoms with E-state index in [2.05, 4.69) is 0 Å². The van der Waals surface area contributed by atoms with Gasteiger partial charge >= 0.3 is 5.69 Å². The molecule has 0 heterocycles. The number of nitro groups is 1. The molecule has 0 aromatic heterocycles. The van der Waals surface area contributed by atoms with E-state index >= 15 is 0 Å². The lowest BCUT2D eigenvalue weighted by molar-refractivity contribution is -0.385. The first-order chi connectivity index (χ1) is 10.0. The summed E-state index contributed by atoms with van der Waals surface area (Å²) in [5, 5.41) is 20.7. The summed E-state index contributed by atoms with van der Waals surface area (Å²) >= 11 is 0. The Morgan fingerprint density at radius 3 is 2.48 bits per heavy atom. The van der Waals surface area contributed by atoms with Gasteiger partial charge in [-0.25, -0.2) is 0 Å². The maximum atomic E-state index is 11.0. The fraction of sp³-hybridized carbons (Fsp3) is 0.250. The van der Waals surface area contributed by atoms with Crippen molar-refractivity contribution in [2.45, 2.75) is 26.4 Å². The molecule has 0 amide bonds. The van der Waals surface area contributed by atoms with E-state index in [4.69, 9.17) is 4.74 Å². The monoisotopic (exact) mass is 287 g/mol. The summed E-state index contributed by atoms with van der Waals surface area (Å²) < 4.78 is 5.60. The minimum Gasteiger partial charge on any atom is -0.450 e. The van der Waals surface area contributed by atoms with Crippen LogP contribution in [0.25, 0.3) is 0 Å². The Hall–Kier alpha value is -2.40. The van der Waals surface area contributed by atoms with Crippen LogP contribution in [0, 0.1) is 17.0 Å². The molecule has 0 aliphatic carbocycles. The quantitative estimate of drug-likeness (QED) is 0.662. The van der Waals surface area contributed by atoms with Gasteiger partial charge in [0.25, 0.3) is 0 Å². The fourth-order valence-corrected chi connectivity index (χ4v) is 1.97. The first kappa shape index (κ1) is 15.0. The van der Waals surface area contributed by atoms with Gasteiger partial charge in [0.1, 0.15) is 5.75 Å². The van der Waals surface area contributed by atoms with Crippen LogP contribution in [0.3, 0.4) is 0 Å². The van der Waals surface area contributed by atoms with Crippen LogP contribution >= 0.6 is 0 Å². The summed E-state index contributed by atoms with van der Waals surface area (Å²) in [6, 6.07) is 11.6. The lowest BCUT2D eigenvalue weighted by Gasteiger charge is -2.10. The first-order valence-corrected chi connectivity index (χ1v) is 6.72. The van der Waals surface area contributed by atoms with Gasteiger partial charge in [-0.3, -0.25) is 10.1 Å². The summed E-state index contributed by atoms with van der Waals surface area (Å²) in [5.41, 5.74) is 1.61. The minimum absolute atomic E-state index is 0.0710. The SMILES string of the molecule is CC[C@@H](O)c1ccc(Oc2cc(C)ccc2[N+](=O)[O-])cc1. The van der Waals surface area contributed by atoms with Gasteiger partial charge in [-0.15, -0.1) is 0 Å². The summed E-state index contributed by atoms with van der Waals surface area (Å²) in [6.07, 6.45) is 0.121. The van der Waals surface area contributed by atoms with Crippen molar-refractivity contribution >= 4 is 5.69 Å². The van der Waals surface area contributed by atoms with Crippen molar-refractivity contribution in [2.75, 3.05) is 0 Å². The van der Waals surface area contributed by atoms with Gasteiger partial charge in [-0.05, 0) is 42.7 Å². The van der Waals surface area contributed by atoms with Crippen molar-refractivity contribution in [3.8, 4) is 11.5 Å². The number of hydrogen-bond acceptors (Lipinski definition) is 4. The van der Waals surface area contributed by atoms with Crippen molar-refractivity contribution in [3.05, 3.63) is 63.7 Å². The number of aryl methyl sites for hydroxylation is 1. The summed E-state index contributed by atoms with van der Waals surface area (Å²) in [6.45, 7) is 3.74. The highest BCUT2D eigenvalue weighted by Crippen LogP contribution is 2.32. The lowest BCUT2D eigenvalue weighted by atomic mass is 10.1. The number of hydrogen-bond donors (Lipinski definition) is 1. The van der Waals surface area contributed by atoms with Crippen molar-refractivity contribution in [1.29, 1.82) is 0 Å². The molecular formula is C16H17NO4. The van der Waals surface area contributed by atoms with E-state index in [1.54, 1.807) is 36.4 Å². The molecule has 2 aromatic rings. The number of rotatable bonds is 5. The van der Waals surface area contributed by atoms with Crippen molar-refractivity contribution in [1.82, 2.24) is 0 Å². The highest BCUT2D eigenvalue weighted by atomic mass is 16.6. The van der Waals surface area contributed by atoms with Crippen molar-refractivity contribution in [3.63, 3.8) is 0 Å². The van der Waals surface area contributed by atoms with Crippen LogP contribution < -0.4 is 4.74 Å². The summed E-state index contributed by atoms with van der Waals surface area (Å²) in [7, 11) is 0. The van der Waals surface area contributed by atoms with Crippen LogP contribution in [0.5, 0.6) is 11.5 Å². The van der Waals surface area contributed by atoms with E-state index in [1.165, 1.54) is 6.07 Å². The predicted molar refractivity (Wildman–Crippen MR) is 79.6 cm³/mol. The number of nitrogens with zero attached hydrogens (tertiary/aromatic N) is 1. The molecule has 110 valence electrons. The first-order valence-electron chi connectivity index (χ1n) is 6.72. The van der Waals surface area contributed by atoms with Gasteiger partial charge in [-0.2, -0.15) is 0 Å². The fourth-order valence-electron chi connectivity index (χ4n) is 1.97. The van der Waals surface area contributed by atoms with E-state index < -0.39 is 11.0 Å². The Bertz CT molecular complexity index is 637. The second kappa shape index (κ2) is 6.37. The van der Waals surface area contributed by atoms with Crippen LogP contribution in [0.2, 0.25) is 0 Å². The van der Waals surface area contributed by atoms with E-state index in [-0.39, 0.29) is 11.4 Å². The van der Waals surface area contributed by atoms with Crippen molar-refractivity contribution < 1.29 is 14.8 Å². The predicted octanol–water partition coefficient (Wildman–Crippen LogP) is 4.14. The van der Waals surface area contributed by atoms with Crippen LogP contribution in [0.4, 0.5) is 5.69 Å². The molecule has 2 aromatic carbocycles. The molecule has 0 aliphatic rings. The summed E-state index contributed by atoms with van der Waals surface area (Å²) in [4.78, 5) is 10.5. The van der Waals surface area contributed by atoms with Crippen LogP contribution in [0.15, 0.2) is 42.5 Å². The van der Waals surface area contributed by atoms with Crippen LogP contribution in [-0.4, -0.2) is 10.0 Å². The molecule has 0 spiro atoms. The number of nitro benzene ring substituents is 1. The van der Waals surface area contributed by atoms with E-state index in [0.717, 1.165) is 11.1 Å². The molecule has 0 saturated carbocycles. The van der Waals surface area contributed by atoms with Crippen LogP contribution in [-0.2, 0) is 0 Å². The lowest BCUT2D eigenvalue weighted by Crippen LogP contribution is -1.96. The molecular weight excluding hydrogens is 270 g/mol.